The van der Waals surface area contributed by atoms with Gasteiger partial charge in [0.2, 0.25) is 0 Å². The first-order valence-electron chi connectivity index (χ1n) is 8.61. The number of nitrogens with one attached hydrogen (secondary N) is 2. The minimum absolute atomic E-state index is 0.00183. The van der Waals surface area contributed by atoms with Crippen LogP contribution in [-0.4, -0.2) is 19.2 Å². The normalized spacial score (nSPS) is 11.0. The molecular formula is C20H16ClN3O5S. The van der Waals surface area contributed by atoms with E-state index in [4.69, 9.17) is 11.6 Å². The Hall–Kier alpha value is -3.43. The molecule has 0 heterocycles. The molecule has 0 fully saturated rings. The van der Waals surface area contributed by atoms with E-state index in [0.29, 0.717) is 16.4 Å². The van der Waals surface area contributed by atoms with E-state index in [1.54, 1.807) is 12.1 Å². The smallest absolute Gasteiger partial charge is 0.273 e. The molecule has 0 saturated carbocycles. The number of benzene rings is 3. The Morgan fingerprint density at radius 1 is 0.967 bits per heavy atom. The molecule has 2 N–H and O–H groups in total. The summed E-state index contributed by atoms with van der Waals surface area (Å²) in [6.45, 7) is 1.49. The van der Waals surface area contributed by atoms with Gasteiger partial charge in [-0.2, -0.15) is 0 Å². The molecule has 10 heteroatoms. The molecule has 3 rings (SSSR count). The Morgan fingerprint density at radius 2 is 1.57 bits per heavy atom. The highest BCUT2D eigenvalue weighted by Gasteiger charge is 2.19. The number of halogens is 1. The van der Waals surface area contributed by atoms with Crippen molar-refractivity contribution >= 4 is 44.6 Å². The van der Waals surface area contributed by atoms with E-state index in [0.717, 1.165) is 0 Å². The van der Waals surface area contributed by atoms with Crippen molar-refractivity contribution in [2.24, 2.45) is 0 Å². The third kappa shape index (κ3) is 4.76. The van der Waals surface area contributed by atoms with Crippen molar-refractivity contribution in [3.05, 3.63) is 93.0 Å². The molecule has 0 bridgehead atoms. The molecule has 0 aliphatic heterocycles. The Balaban J connectivity index is 1.76. The molecule has 30 heavy (non-hydrogen) atoms. The van der Waals surface area contributed by atoms with Gasteiger partial charge in [0.05, 0.1) is 9.82 Å². The molecule has 0 aliphatic carbocycles. The first-order chi connectivity index (χ1) is 14.2. The van der Waals surface area contributed by atoms with E-state index in [1.807, 2.05) is 0 Å². The quantitative estimate of drug-likeness (QED) is 0.424. The number of nitro groups is 1. The molecule has 3 aromatic rings. The number of rotatable bonds is 6. The van der Waals surface area contributed by atoms with E-state index in [-0.39, 0.29) is 21.7 Å². The summed E-state index contributed by atoms with van der Waals surface area (Å²) >= 11 is 5.79. The van der Waals surface area contributed by atoms with E-state index in [9.17, 15) is 23.3 Å². The van der Waals surface area contributed by atoms with Crippen molar-refractivity contribution in [3.63, 3.8) is 0 Å². The van der Waals surface area contributed by atoms with Gasteiger partial charge in [0, 0.05) is 33.6 Å². The van der Waals surface area contributed by atoms with Gasteiger partial charge in [-0.05, 0) is 61.5 Å². The summed E-state index contributed by atoms with van der Waals surface area (Å²) in [5.74, 6) is -0.536. The summed E-state index contributed by atoms with van der Waals surface area (Å²) in [6, 6.07) is 16.0. The molecule has 0 spiro atoms. The lowest BCUT2D eigenvalue weighted by Crippen LogP contribution is -2.15. The van der Waals surface area contributed by atoms with Crippen LogP contribution in [0.15, 0.2) is 71.6 Å². The fraction of sp³-hybridized carbons (Fsp3) is 0.0500. The first kappa shape index (κ1) is 21.3. The van der Waals surface area contributed by atoms with Crippen LogP contribution < -0.4 is 10.0 Å². The van der Waals surface area contributed by atoms with Crippen molar-refractivity contribution in [2.75, 3.05) is 10.0 Å². The number of anilines is 2. The Bertz CT molecular complexity index is 1210. The summed E-state index contributed by atoms with van der Waals surface area (Å²) in [6.07, 6.45) is 0. The zero-order valence-electron chi connectivity index (χ0n) is 15.6. The number of amides is 1. The highest BCUT2D eigenvalue weighted by atomic mass is 35.5. The number of sulfonamides is 1. The first-order valence-corrected chi connectivity index (χ1v) is 10.5. The maximum Gasteiger partial charge on any atom is 0.273 e. The topological polar surface area (TPSA) is 118 Å². The van der Waals surface area contributed by atoms with Crippen molar-refractivity contribution in [1.29, 1.82) is 0 Å². The lowest BCUT2D eigenvalue weighted by Gasteiger charge is -2.10. The van der Waals surface area contributed by atoms with Crippen LogP contribution in [0.3, 0.4) is 0 Å². The zero-order valence-corrected chi connectivity index (χ0v) is 17.2. The lowest BCUT2D eigenvalue weighted by atomic mass is 10.1. The van der Waals surface area contributed by atoms with Gasteiger partial charge in [-0.15, -0.1) is 0 Å². The van der Waals surface area contributed by atoms with Gasteiger partial charge in [-0.3, -0.25) is 19.6 Å². The van der Waals surface area contributed by atoms with Gasteiger partial charge in [0.15, 0.2) is 0 Å². The van der Waals surface area contributed by atoms with Gasteiger partial charge < -0.3 is 5.32 Å². The number of carbonyl (C=O) groups is 1. The SMILES string of the molecule is Cc1c(C(=O)Nc2ccc(S(=O)(=O)Nc3ccc(Cl)cc3)cc2)cccc1[N+](=O)[O-]. The lowest BCUT2D eigenvalue weighted by molar-refractivity contribution is -0.385. The molecule has 0 unspecified atom stereocenters. The minimum atomic E-state index is -3.83. The van der Waals surface area contributed by atoms with Crippen molar-refractivity contribution in [3.8, 4) is 0 Å². The van der Waals surface area contributed by atoms with Gasteiger partial charge in [0.1, 0.15) is 0 Å². The molecule has 3 aromatic carbocycles. The van der Waals surface area contributed by atoms with Gasteiger partial charge in [-0.1, -0.05) is 17.7 Å². The average molecular weight is 446 g/mol. The van der Waals surface area contributed by atoms with Crippen molar-refractivity contribution in [2.45, 2.75) is 11.8 Å². The summed E-state index contributed by atoms with van der Waals surface area (Å²) in [5, 5.41) is 14.1. The number of nitrogens with zero attached hydrogens (tertiary/aromatic N) is 1. The molecule has 8 nitrogen and oxygen atoms in total. The molecule has 0 aromatic heterocycles. The summed E-state index contributed by atoms with van der Waals surface area (Å²) in [4.78, 5) is 23.0. The van der Waals surface area contributed by atoms with Crippen LogP contribution in [0.4, 0.5) is 17.1 Å². The maximum atomic E-state index is 12.5. The monoisotopic (exact) mass is 445 g/mol. The van der Waals surface area contributed by atoms with E-state index < -0.39 is 20.9 Å². The number of hydrogen-bond donors (Lipinski definition) is 2. The molecule has 0 radical (unpaired) electrons. The van der Waals surface area contributed by atoms with Gasteiger partial charge in [0.25, 0.3) is 21.6 Å². The Morgan fingerprint density at radius 3 is 2.17 bits per heavy atom. The predicted molar refractivity (Wildman–Crippen MR) is 114 cm³/mol. The molecule has 1 amide bonds. The largest absolute Gasteiger partial charge is 0.322 e. The third-order valence-electron chi connectivity index (χ3n) is 4.27. The average Bonchev–Trinajstić information content (AvgIpc) is 2.70. The maximum absolute atomic E-state index is 12.5. The second kappa shape index (κ2) is 8.52. The molecule has 154 valence electrons. The second-order valence-electron chi connectivity index (χ2n) is 6.30. The van der Waals surface area contributed by atoms with Crippen LogP contribution >= 0.6 is 11.6 Å². The van der Waals surface area contributed by atoms with E-state index in [1.165, 1.54) is 61.5 Å². The van der Waals surface area contributed by atoms with Crippen LogP contribution in [0.25, 0.3) is 0 Å². The number of nitro benzene ring substituents is 1. The van der Waals surface area contributed by atoms with Crippen molar-refractivity contribution in [1.82, 2.24) is 0 Å². The van der Waals surface area contributed by atoms with Crippen LogP contribution in [-0.2, 0) is 10.0 Å². The highest BCUT2D eigenvalue weighted by molar-refractivity contribution is 7.92. The van der Waals surface area contributed by atoms with E-state index >= 15 is 0 Å². The van der Waals surface area contributed by atoms with Crippen LogP contribution in [0.5, 0.6) is 0 Å². The molecular weight excluding hydrogens is 430 g/mol. The summed E-state index contributed by atoms with van der Waals surface area (Å²) < 4.78 is 27.4. The second-order valence-corrected chi connectivity index (χ2v) is 8.42. The molecule has 0 aliphatic rings. The Kier molecular flexibility index (Phi) is 6.04. The third-order valence-corrected chi connectivity index (χ3v) is 5.91. The van der Waals surface area contributed by atoms with Crippen LogP contribution in [0.2, 0.25) is 5.02 Å². The summed E-state index contributed by atoms with van der Waals surface area (Å²) in [7, 11) is -3.83. The highest BCUT2D eigenvalue weighted by Crippen LogP contribution is 2.23. The van der Waals surface area contributed by atoms with Crippen LogP contribution in [0, 0.1) is 17.0 Å². The van der Waals surface area contributed by atoms with Gasteiger partial charge in [-0.25, -0.2) is 8.42 Å². The number of hydrogen-bond acceptors (Lipinski definition) is 5. The summed E-state index contributed by atoms with van der Waals surface area (Å²) in [5.41, 5.74) is 0.948. The number of carbonyl (C=O) groups excluding carboxylic acids is 1. The molecule has 0 saturated heterocycles. The zero-order chi connectivity index (χ0) is 21.9. The van der Waals surface area contributed by atoms with Gasteiger partial charge >= 0.3 is 0 Å². The fourth-order valence-electron chi connectivity index (χ4n) is 2.72. The Labute approximate surface area is 177 Å². The minimum Gasteiger partial charge on any atom is -0.322 e. The van der Waals surface area contributed by atoms with Crippen molar-refractivity contribution < 1.29 is 18.1 Å². The predicted octanol–water partition coefficient (Wildman–Crippen LogP) is 4.61. The molecule has 0 atom stereocenters. The fourth-order valence-corrected chi connectivity index (χ4v) is 3.90. The van der Waals surface area contributed by atoms with Crippen LogP contribution in [0.1, 0.15) is 15.9 Å². The standard InChI is InChI=1S/C20H16ClN3O5S/c1-13-18(3-2-4-19(13)24(26)27)20(25)22-15-9-11-17(12-10-15)30(28,29)23-16-7-5-14(21)6-8-16/h2-12,23H,1H3,(H,22,25). The van der Waals surface area contributed by atoms with E-state index in [2.05, 4.69) is 10.0 Å².